The van der Waals surface area contributed by atoms with Crippen LogP contribution in [0.15, 0.2) is 235 Å². The van der Waals surface area contributed by atoms with Gasteiger partial charge in [-0.3, -0.25) is 0 Å². The van der Waals surface area contributed by atoms with E-state index in [9.17, 15) is 0 Å². The number of rotatable bonds is 8. The van der Waals surface area contributed by atoms with Crippen molar-refractivity contribution in [2.24, 2.45) is 0 Å². The maximum absolute atomic E-state index is 17.6. The molecule has 12 aromatic rings. The molecule has 0 aliphatic heterocycles. The van der Waals surface area contributed by atoms with E-state index in [0.717, 1.165) is 77.8 Å². The third-order valence-electron chi connectivity index (χ3n) is 14.7. The van der Waals surface area contributed by atoms with Gasteiger partial charge < -0.3 is 14.2 Å². The molecular weight excluding hydrogens is 856 g/mol. The first-order valence-electron chi connectivity index (χ1n) is 24.0. The number of hydrogen-bond donors (Lipinski definition) is 0. The summed E-state index contributed by atoms with van der Waals surface area (Å²) in [7, 11) is 0. The SMILES string of the molecule is Cc1c2c3c(cccc3c3cc(N(c4ccccc4)c4cc(-c5ccccc5)cc(-c5ccccc5)c4F)ccc13)C(C)(C)c1cc(N(c3ccccc3)c3cccc4c3oc3ccccc34)ccc1-2. The van der Waals surface area contributed by atoms with E-state index in [0.29, 0.717) is 11.3 Å². The van der Waals surface area contributed by atoms with E-state index in [1.54, 1.807) is 0 Å². The van der Waals surface area contributed by atoms with Crippen molar-refractivity contribution in [2.75, 3.05) is 9.80 Å². The number of para-hydroxylation sites is 4. The summed E-state index contributed by atoms with van der Waals surface area (Å²) >= 11 is 0. The summed E-state index contributed by atoms with van der Waals surface area (Å²) in [5, 5.41) is 6.93. The normalized spacial score (nSPS) is 12.7. The van der Waals surface area contributed by atoms with Crippen molar-refractivity contribution in [1.82, 2.24) is 0 Å². The van der Waals surface area contributed by atoms with E-state index in [2.05, 4.69) is 170 Å². The number of benzene rings is 11. The molecule has 0 N–H and O–H groups in total. The quantitative estimate of drug-likeness (QED) is 0.142. The Morgan fingerprint density at radius 2 is 0.986 bits per heavy atom. The zero-order valence-corrected chi connectivity index (χ0v) is 39.1. The molecule has 0 atom stereocenters. The van der Waals surface area contributed by atoms with Crippen LogP contribution >= 0.6 is 0 Å². The Morgan fingerprint density at radius 1 is 0.400 bits per heavy atom. The summed E-state index contributed by atoms with van der Waals surface area (Å²) in [6, 6.07) is 80.1. The molecule has 0 radical (unpaired) electrons. The summed E-state index contributed by atoms with van der Waals surface area (Å²) in [4.78, 5) is 4.43. The molecular formula is C66H47FN2O. The highest BCUT2D eigenvalue weighted by atomic mass is 19.1. The fourth-order valence-corrected chi connectivity index (χ4v) is 11.3. The van der Waals surface area contributed by atoms with Crippen LogP contribution in [0.1, 0.15) is 30.5 Å². The minimum Gasteiger partial charge on any atom is -0.454 e. The molecule has 1 heterocycles. The number of hydrogen-bond acceptors (Lipinski definition) is 3. The van der Waals surface area contributed by atoms with Gasteiger partial charge in [0.1, 0.15) is 5.58 Å². The van der Waals surface area contributed by atoms with Crippen LogP contribution in [0.2, 0.25) is 0 Å². The second kappa shape index (κ2) is 16.2. The standard InChI is InChI=1S/C66H47FN2O/c1-42-50-36-34-48(69(47-26-14-7-15-27-47)60-39-45(43-20-8-4-9-21-43)38-55(64(60)67)44-22-10-5-11-23-44)40-56(50)52-29-18-31-57-63(52)62(42)54-37-35-49(41-58(54)66(57,2)3)68(46-24-12-6-13-25-46)59-32-19-30-53-51-28-16-17-33-61(51)70-65(53)59/h4-41H,1-3H3. The number of fused-ring (bicyclic) bond motifs is 7. The van der Waals surface area contributed by atoms with Crippen LogP contribution in [-0.2, 0) is 5.41 Å². The molecule has 1 aliphatic rings. The number of aryl methyl sites for hydroxylation is 1. The van der Waals surface area contributed by atoms with Gasteiger partial charge in [-0.2, -0.15) is 0 Å². The largest absolute Gasteiger partial charge is 0.454 e. The predicted octanol–water partition coefficient (Wildman–Crippen LogP) is 18.9. The molecule has 11 aromatic carbocycles. The van der Waals surface area contributed by atoms with E-state index in [4.69, 9.17) is 4.42 Å². The van der Waals surface area contributed by atoms with Crippen molar-refractivity contribution >= 4 is 77.6 Å². The summed E-state index contributed by atoms with van der Waals surface area (Å²) in [6.45, 7) is 6.99. The van der Waals surface area contributed by atoms with E-state index in [-0.39, 0.29) is 11.2 Å². The lowest BCUT2D eigenvalue weighted by atomic mass is 9.67. The Labute approximate surface area is 406 Å². The Hall–Kier alpha value is -8.73. The van der Waals surface area contributed by atoms with E-state index < -0.39 is 0 Å². The van der Waals surface area contributed by atoms with Gasteiger partial charge in [0.25, 0.3) is 0 Å². The summed E-state index contributed by atoms with van der Waals surface area (Å²) in [5.41, 5.74) is 16.3. The predicted molar refractivity (Wildman–Crippen MR) is 291 cm³/mol. The van der Waals surface area contributed by atoms with Crippen LogP contribution in [-0.4, -0.2) is 0 Å². The van der Waals surface area contributed by atoms with E-state index in [1.807, 2.05) is 91.0 Å². The van der Waals surface area contributed by atoms with Crippen LogP contribution in [0.5, 0.6) is 0 Å². The Bertz CT molecular complexity index is 3990. The van der Waals surface area contributed by atoms with Crippen molar-refractivity contribution in [3.05, 3.63) is 253 Å². The van der Waals surface area contributed by atoms with Gasteiger partial charge in [0, 0.05) is 44.5 Å². The second-order valence-corrected chi connectivity index (χ2v) is 19.0. The van der Waals surface area contributed by atoms with Gasteiger partial charge in [0.15, 0.2) is 11.4 Å². The first-order chi connectivity index (χ1) is 34.3. The fourth-order valence-electron chi connectivity index (χ4n) is 11.3. The van der Waals surface area contributed by atoms with Gasteiger partial charge in [-0.15, -0.1) is 0 Å². The highest BCUT2D eigenvalue weighted by molar-refractivity contribution is 6.19. The number of anilines is 6. The topological polar surface area (TPSA) is 19.6 Å². The molecule has 334 valence electrons. The van der Waals surface area contributed by atoms with Gasteiger partial charge in [-0.25, -0.2) is 4.39 Å². The van der Waals surface area contributed by atoms with Gasteiger partial charge in [-0.05, 0) is 146 Å². The molecule has 3 nitrogen and oxygen atoms in total. The average Bonchev–Trinajstić information content (AvgIpc) is 3.80. The second-order valence-electron chi connectivity index (χ2n) is 19.0. The molecule has 1 aliphatic carbocycles. The van der Waals surface area contributed by atoms with Gasteiger partial charge in [0.05, 0.1) is 11.4 Å². The van der Waals surface area contributed by atoms with Crippen molar-refractivity contribution in [1.29, 1.82) is 0 Å². The minimum atomic E-state index is -0.367. The minimum absolute atomic E-state index is 0.277. The van der Waals surface area contributed by atoms with Crippen LogP contribution in [0.3, 0.4) is 0 Å². The zero-order chi connectivity index (χ0) is 47.1. The third-order valence-corrected chi connectivity index (χ3v) is 14.7. The molecule has 0 saturated heterocycles. The molecule has 0 bridgehead atoms. The van der Waals surface area contributed by atoms with Crippen molar-refractivity contribution < 1.29 is 8.81 Å². The molecule has 0 amide bonds. The Morgan fingerprint density at radius 3 is 1.71 bits per heavy atom. The third kappa shape index (κ3) is 6.48. The zero-order valence-electron chi connectivity index (χ0n) is 39.1. The number of halogens is 1. The molecule has 0 fully saturated rings. The number of furan rings is 1. The summed E-state index contributed by atoms with van der Waals surface area (Å²) in [5.74, 6) is -0.277. The van der Waals surface area contributed by atoms with Crippen LogP contribution in [0.25, 0.3) is 76.9 Å². The fraction of sp³-hybridized carbons (Fsp3) is 0.0606. The monoisotopic (exact) mass is 902 g/mol. The lowest BCUT2D eigenvalue weighted by Crippen LogP contribution is -2.25. The molecule has 0 saturated carbocycles. The van der Waals surface area contributed by atoms with Crippen molar-refractivity contribution in [3.63, 3.8) is 0 Å². The molecule has 13 rings (SSSR count). The molecule has 4 heteroatoms. The van der Waals surface area contributed by atoms with Crippen molar-refractivity contribution in [2.45, 2.75) is 26.2 Å². The highest BCUT2D eigenvalue weighted by Crippen LogP contribution is 2.54. The maximum atomic E-state index is 17.6. The van der Waals surface area contributed by atoms with Crippen LogP contribution < -0.4 is 9.80 Å². The van der Waals surface area contributed by atoms with E-state index >= 15 is 4.39 Å². The molecule has 0 unspecified atom stereocenters. The van der Waals surface area contributed by atoms with Gasteiger partial charge in [0.2, 0.25) is 0 Å². The smallest absolute Gasteiger partial charge is 0.159 e. The summed E-state index contributed by atoms with van der Waals surface area (Å²) < 4.78 is 24.3. The maximum Gasteiger partial charge on any atom is 0.159 e. The van der Waals surface area contributed by atoms with Crippen LogP contribution in [0.4, 0.5) is 38.5 Å². The lowest BCUT2D eigenvalue weighted by Gasteiger charge is -2.37. The lowest BCUT2D eigenvalue weighted by molar-refractivity contribution is 0.632. The first kappa shape index (κ1) is 41.5. The summed E-state index contributed by atoms with van der Waals surface area (Å²) in [6.07, 6.45) is 0. The number of nitrogens with zero attached hydrogens (tertiary/aromatic N) is 2. The molecule has 70 heavy (non-hydrogen) atoms. The molecule has 1 aromatic heterocycles. The van der Waals surface area contributed by atoms with Crippen LogP contribution in [0, 0.1) is 12.7 Å². The Kier molecular flexibility index (Phi) is 9.60. The average molecular weight is 903 g/mol. The van der Waals surface area contributed by atoms with Gasteiger partial charge in [-0.1, -0.05) is 172 Å². The van der Waals surface area contributed by atoms with E-state index in [1.165, 1.54) is 38.6 Å². The molecule has 0 spiro atoms. The first-order valence-corrected chi connectivity index (χ1v) is 24.0. The Balaban J connectivity index is 1.01. The van der Waals surface area contributed by atoms with Gasteiger partial charge >= 0.3 is 0 Å². The highest BCUT2D eigenvalue weighted by Gasteiger charge is 2.36. The van der Waals surface area contributed by atoms with Crippen molar-refractivity contribution in [3.8, 4) is 33.4 Å².